The molecule has 0 amide bonds. The highest BCUT2D eigenvalue weighted by Crippen LogP contribution is 2.24. The van der Waals surface area contributed by atoms with E-state index in [1.807, 2.05) is 49.5 Å². The summed E-state index contributed by atoms with van der Waals surface area (Å²) in [5.74, 6) is 0. The van der Waals surface area contributed by atoms with E-state index in [1.54, 1.807) is 12.1 Å². The summed E-state index contributed by atoms with van der Waals surface area (Å²) < 4.78 is 28.1. The molecule has 1 unspecified atom stereocenters. The fourth-order valence-electron chi connectivity index (χ4n) is 3.14. The molecule has 4 nitrogen and oxygen atoms in total. The Morgan fingerprint density at radius 1 is 1.08 bits per heavy atom. The zero-order valence-corrected chi connectivity index (χ0v) is 16.5. The van der Waals surface area contributed by atoms with Crippen LogP contribution in [0.2, 0.25) is 0 Å². The summed E-state index contributed by atoms with van der Waals surface area (Å²) >= 11 is 0. The normalized spacial score (nSPS) is 13.8. The van der Waals surface area contributed by atoms with Gasteiger partial charge in [-0.2, -0.15) is 0 Å². The van der Waals surface area contributed by atoms with Crippen molar-refractivity contribution in [1.82, 2.24) is 9.71 Å². The zero-order chi connectivity index (χ0) is 18.9. The molecule has 0 saturated heterocycles. The highest BCUT2D eigenvalue weighted by atomic mass is 32.2. The third-order valence-electron chi connectivity index (χ3n) is 4.59. The van der Waals surface area contributed by atoms with Crippen LogP contribution in [0.1, 0.15) is 41.7 Å². The number of rotatable bonds is 5. The van der Waals surface area contributed by atoms with Crippen molar-refractivity contribution in [2.75, 3.05) is 0 Å². The van der Waals surface area contributed by atoms with Crippen molar-refractivity contribution in [1.29, 1.82) is 0 Å². The Hall–Kier alpha value is -2.11. The lowest BCUT2D eigenvalue weighted by atomic mass is 9.87. The second kappa shape index (κ2) is 6.89. The number of hydrogen-bond donors (Lipinski definition) is 2. The van der Waals surface area contributed by atoms with Crippen molar-refractivity contribution >= 4 is 20.9 Å². The van der Waals surface area contributed by atoms with Gasteiger partial charge in [-0.3, -0.25) is 0 Å². The molecule has 26 heavy (non-hydrogen) atoms. The molecule has 0 spiro atoms. The van der Waals surface area contributed by atoms with E-state index >= 15 is 0 Å². The average molecular weight is 375 g/mol. The van der Waals surface area contributed by atoms with Gasteiger partial charge in [0.15, 0.2) is 0 Å². The van der Waals surface area contributed by atoms with E-state index in [9.17, 15) is 8.42 Å². The van der Waals surface area contributed by atoms with Crippen LogP contribution in [0.5, 0.6) is 0 Å². The third kappa shape index (κ3) is 4.00. The molecule has 0 bridgehead atoms. The van der Waals surface area contributed by atoms with Crippen LogP contribution < -0.4 is 4.72 Å². The second-order valence-electron chi connectivity index (χ2n) is 7.86. The maximum Gasteiger partial charge on any atom is 0.240 e. The van der Waals surface area contributed by atoms with Gasteiger partial charge in [0.05, 0.1) is 4.90 Å². The van der Waals surface area contributed by atoms with Crippen LogP contribution >= 0.6 is 0 Å². The Morgan fingerprint density at radius 3 is 2.38 bits per heavy atom. The predicted molar refractivity (Wildman–Crippen MR) is 111 cm³/mol. The summed E-state index contributed by atoms with van der Waals surface area (Å²) in [5, 5.41) is 1.13. The molecular formula is C21H30N2O2S. The Labute approximate surface area is 158 Å². The molecule has 0 fully saturated rings. The molecule has 5 heteroatoms. The summed E-state index contributed by atoms with van der Waals surface area (Å²) in [7, 11) is -3.54. The molecule has 2 N–H and O–H groups in total. The summed E-state index contributed by atoms with van der Waals surface area (Å²) in [6.45, 7) is 8.22. The van der Waals surface area contributed by atoms with Gasteiger partial charge in [0.25, 0.3) is 0 Å². The summed E-state index contributed by atoms with van der Waals surface area (Å²) in [4.78, 5) is 3.53. The van der Waals surface area contributed by atoms with E-state index < -0.39 is 10.0 Å². The van der Waals surface area contributed by atoms with Gasteiger partial charge < -0.3 is 4.98 Å². The minimum Gasteiger partial charge on any atom is -0.361 e. The fourth-order valence-corrected chi connectivity index (χ4v) is 4.38. The topological polar surface area (TPSA) is 62.0 Å². The molecule has 1 aromatic heterocycles. The number of H-pyrrole nitrogens is 1. The Kier molecular flexibility index (Phi) is 4.95. The molecule has 1 atom stereocenters. The average Bonchev–Trinajstić information content (AvgIpc) is 2.97. The van der Waals surface area contributed by atoms with Crippen molar-refractivity contribution in [2.24, 2.45) is 0 Å². The number of fused-ring (bicyclic) bond motifs is 1. The number of aromatic amines is 1. The van der Waals surface area contributed by atoms with Crippen LogP contribution in [0.3, 0.4) is 0 Å². The number of para-hydroxylation sites is 1. The van der Waals surface area contributed by atoms with Crippen LogP contribution in [-0.2, 0) is 21.9 Å². The molecule has 142 valence electrons. The SMILES string of the molecule is CC(Cc1c[nH]c2ccccc12)NS(=O)(=O)c1ccc(C(C)(C)C)cc1.[HH].[HH]. The van der Waals surface area contributed by atoms with Gasteiger partial charge in [0.1, 0.15) is 0 Å². The molecular weight excluding hydrogens is 344 g/mol. The number of nitrogens with one attached hydrogen (secondary N) is 2. The molecule has 1 heterocycles. The van der Waals surface area contributed by atoms with Crippen molar-refractivity contribution in [3.05, 3.63) is 65.9 Å². The smallest absolute Gasteiger partial charge is 0.240 e. The zero-order valence-electron chi connectivity index (χ0n) is 15.7. The first-order chi connectivity index (χ1) is 12.2. The Morgan fingerprint density at radius 2 is 1.73 bits per heavy atom. The minimum absolute atomic E-state index is 0. The molecule has 0 saturated carbocycles. The monoisotopic (exact) mass is 374 g/mol. The quantitative estimate of drug-likeness (QED) is 0.669. The highest BCUT2D eigenvalue weighted by molar-refractivity contribution is 7.89. The van der Waals surface area contributed by atoms with E-state index in [4.69, 9.17) is 0 Å². The maximum absolute atomic E-state index is 12.7. The van der Waals surface area contributed by atoms with Gasteiger partial charge in [-0.25, -0.2) is 13.1 Å². The number of hydrogen-bond acceptors (Lipinski definition) is 2. The molecule has 0 aliphatic carbocycles. The van der Waals surface area contributed by atoms with Gasteiger partial charge in [0.2, 0.25) is 10.0 Å². The first-order valence-electron chi connectivity index (χ1n) is 8.85. The van der Waals surface area contributed by atoms with Gasteiger partial charge in [0, 0.05) is 26.0 Å². The van der Waals surface area contributed by atoms with Crippen LogP contribution in [0.25, 0.3) is 10.9 Å². The first-order valence-corrected chi connectivity index (χ1v) is 10.3. The third-order valence-corrected chi connectivity index (χ3v) is 6.19. The number of sulfonamides is 1. The molecule has 2 aromatic carbocycles. The van der Waals surface area contributed by atoms with E-state index in [1.165, 1.54) is 0 Å². The first kappa shape index (κ1) is 18.7. The number of benzene rings is 2. The Balaban J connectivity index is 0.00000196. The van der Waals surface area contributed by atoms with E-state index in [2.05, 4.69) is 30.5 Å². The summed E-state index contributed by atoms with van der Waals surface area (Å²) in [5.41, 5.74) is 3.29. The van der Waals surface area contributed by atoms with Crippen molar-refractivity contribution < 1.29 is 11.3 Å². The van der Waals surface area contributed by atoms with Crippen molar-refractivity contribution in [2.45, 2.75) is 50.5 Å². The maximum atomic E-state index is 12.7. The van der Waals surface area contributed by atoms with Gasteiger partial charge in [-0.1, -0.05) is 51.1 Å². The van der Waals surface area contributed by atoms with Crippen LogP contribution in [0.15, 0.2) is 59.6 Å². The second-order valence-corrected chi connectivity index (χ2v) is 9.57. The van der Waals surface area contributed by atoms with E-state index in [0.717, 1.165) is 22.0 Å². The predicted octanol–water partition coefficient (Wildman–Crippen LogP) is 4.87. The minimum atomic E-state index is -3.54. The van der Waals surface area contributed by atoms with Crippen LogP contribution in [0.4, 0.5) is 0 Å². The van der Waals surface area contributed by atoms with Gasteiger partial charge in [-0.05, 0) is 48.1 Å². The molecule has 0 aliphatic rings. The Bertz CT molecular complexity index is 1010. The van der Waals surface area contributed by atoms with Gasteiger partial charge >= 0.3 is 0 Å². The molecule has 3 rings (SSSR count). The molecule has 3 aromatic rings. The van der Waals surface area contributed by atoms with Crippen LogP contribution in [-0.4, -0.2) is 19.4 Å². The lowest BCUT2D eigenvalue weighted by molar-refractivity contribution is 0.559. The highest BCUT2D eigenvalue weighted by Gasteiger charge is 2.20. The van der Waals surface area contributed by atoms with Crippen molar-refractivity contribution in [3.8, 4) is 0 Å². The summed E-state index contributed by atoms with van der Waals surface area (Å²) in [6, 6.07) is 15.0. The van der Waals surface area contributed by atoms with E-state index in [-0.39, 0.29) is 14.3 Å². The molecule has 0 radical (unpaired) electrons. The lowest BCUT2D eigenvalue weighted by Crippen LogP contribution is -2.34. The largest absolute Gasteiger partial charge is 0.361 e. The van der Waals surface area contributed by atoms with Gasteiger partial charge in [-0.15, -0.1) is 0 Å². The summed E-state index contributed by atoms with van der Waals surface area (Å²) in [6.07, 6.45) is 2.58. The molecule has 0 aliphatic heterocycles. The van der Waals surface area contributed by atoms with Crippen molar-refractivity contribution in [3.63, 3.8) is 0 Å². The fraction of sp³-hybridized carbons (Fsp3) is 0.333. The number of aromatic nitrogens is 1. The van der Waals surface area contributed by atoms with E-state index in [0.29, 0.717) is 11.3 Å². The lowest BCUT2D eigenvalue weighted by Gasteiger charge is -2.19. The van der Waals surface area contributed by atoms with Crippen LogP contribution in [0, 0.1) is 0 Å². The standard InChI is InChI=1S/C21H26N2O2S.2H2/c1-15(13-16-14-22-20-8-6-5-7-19(16)20)23-26(24,25)18-11-9-17(10-12-18)21(2,3)4;;/h5-12,14-15,22-23H,13H2,1-4H3;2*1H.